The number of aliphatic hydroxyl groups is 4. The van der Waals surface area contributed by atoms with Gasteiger partial charge in [0.25, 0.3) is 0 Å². The zero-order chi connectivity index (χ0) is 16.0. The maximum atomic E-state index is 10.2. The lowest BCUT2D eigenvalue weighted by Crippen LogP contribution is -2.43. The fraction of sp³-hybridized carbons (Fsp3) is 0.333. The van der Waals surface area contributed by atoms with Gasteiger partial charge in [0, 0.05) is 12.1 Å². The van der Waals surface area contributed by atoms with Gasteiger partial charge in [-0.25, -0.2) is 0 Å². The van der Waals surface area contributed by atoms with Crippen molar-refractivity contribution in [2.75, 3.05) is 0 Å². The van der Waals surface area contributed by atoms with Crippen molar-refractivity contribution in [2.45, 2.75) is 30.5 Å². The topological polar surface area (TPSA) is 131 Å². The predicted octanol–water partition coefficient (Wildman–Crippen LogP) is -0.529. The number of hydrogen-bond acceptors (Lipinski definition) is 7. The second kappa shape index (κ2) is 5.29. The van der Waals surface area contributed by atoms with Gasteiger partial charge in [0.15, 0.2) is 6.10 Å². The molecule has 0 radical (unpaired) electrons. The van der Waals surface area contributed by atoms with Crippen LogP contribution in [0, 0.1) is 0 Å². The number of fused-ring (bicyclic) bond motifs is 1. The Hall–Kier alpha value is -2.06. The van der Waals surface area contributed by atoms with Crippen LogP contribution >= 0.6 is 0 Å². The Morgan fingerprint density at radius 3 is 2.36 bits per heavy atom. The first-order valence-electron chi connectivity index (χ1n) is 6.73. The van der Waals surface area contributed by atoms with E-state index in [1.54, 1.807) is 0 Å². The summed E-state index contributed by atoms with van der Waals surface area (Å²) in [4.78, 5) is 0. The second-order valence-electron chi connectivity index (χ2n) is 5.36. The van der Waals surface area contributed by atoms with E-state index in [2.05, 4.69) is 0 Å². The van der Waals surface area contributed by atoms with Crippen LogP contribution in [0.5, 0.6) is 17.2 Å². The molecule has 7 heteroatoms. The van der Waals surface area contributed by atoms with Crippen LogP contribution in [0.4, 0.5) is 0 Å². The lowest BCUT2D eigenvalue weighted by atomic mass is 9.88. The molecule has 1 heterocycles. The molecule has 1 aliphatic carbocycles. The first-order valence-corrected chi connectivity index (χ1v) is 6.73. The van der Waals surface area contributed by atoms with Crippen LogP contribution in [0.15, 0.2) is 35.9 Å². The van der Waals surface area contributed by atoms with Crippen LogP contribution in [0.3, 0.4) is 0 Å². The molecular weight excluding hydrogens is 292 g/mol. The largest absolute Gasteiger partial charge is 0.508 e. The van der Waals surface area contributed by atoms with E-state index < -0.39 is 30.5 Å². The van der Waals surface area contributed by atoms with E-state index in [1.807, 2.05) is 0 Å². The average Bonchev–Trinajstić information content (AvgIpc) is 2.45. The van der Waals surface area contributed by atoms with Gasteiger partial charge in [-0.05, 0) is 11.6 Å². The van der Waals surface area contributed by atoms with E-state index in [4.69, 9.17) is 4.74 Å². The van der Waals surface area contributed by atoms with Crippen molar-refractivity contribution in [1.29, 1.82) is 0 Å². The number of phenols is 2. The second-order valence-corrected chi connectivity index (χ2v) is 5.36. The SMILES string of the molecule is Oc1cc(O)c2c(c1)O[C@@H](C1=CC(O)[C@@H](O)C=C1)C(O)C2O. The van der Waals surface area contributed by atoms with E-state index in [1.165, 1.54) is 24.3 Å². The number of hydrogen-bond donors (Lipinski definition) is 6. The highest BCUT2D eigenvalue weighted by atomic mass is 16.5. The molecule has 2 aliphatic rings. The van der Waals surface area contributed by atoms with E-state index in [-0.39, 0.29) is 22.8 Å². The zero-order valence-electron chi connectivity index (χ0n) is 11.4. The molecular formula is C15H16O7. The van der Waals surface area contributed by atoms with Crippen LogP contribution < -0.4 is 4.74 Å². The Labute approximate surface area is 125 Å². The smallest absolute Gasteiger partial charge is 0.152 e. The number of ether oxygens (including phenoxy) is 1. The normalized spacial score (nSPS) is 33.8. The number of rotatable bonds is 1. The zero-order valence-corrected chi connectivity index (χ0v) is 11.4. The van der Waals surface area contributed by atoms with Crippen LogP contribution in [-0.2, 0) is 0 Å². The molecule has 3 rings (SSSR count). The number of aromatic hydroxyl groups is 2. The van der Waals surface area contributed by atoms with Crippen LogP contribution in [0.2, 0.25) is 0 Å². The Kier molecular flexibility index (Phi) is 3.57. The highest BCUT2D eigenvalue weighted by Gasteiger charge is 2.40. The molecule has 0 fully saturated rings. The molecule has 0 bridgehead atoms. The third kappa shape index (κ3) is 2.34. The van der Waals surface area contributed by atoms with Crippen molar-refractivity contribution >= 4 is 0 Å². The molecule has 0 aromatic heterocycles. The maximum absolute atomic E-state index is 10.2. The van der Waals surface area contributed by atoms with E-state index in [0.717, 1.165) is 6.07 Å². The summed E-state index contributed by atoms with van der Waals surface area (Å²) >= 11 is 0. The molecule has 0 spiro atoms. The van der Waals surface area contributed by atoms with E-state index in [9.17, 15) is 30.6 Å². The van der Waals surface area contributed by atoms with Crippen molar-refractivity contribution in [3.63, 3.8) is 0 Å². The molecule has 0 saturated heterocycles. The molecule has 7 nitrogen and oxygen atoms in total. The molecule has 0 amide bonds. The van der Waals surface area contributed by atoms with Crippen LogP contribution in [-0.4, -0.2) is 55.1 Å². The average molecular weight is 308 g/mol. The molecule has 1 aromatic carbocycles. The first-order chi connectivity index (χ1) is 10.4. The summed E-state index contributed by atoms with van der Waals surface area (Å²) in [5.41, 5.74) is 0.361. The minimum atomic E-state index is -1.42. The molecule has 1 aliphatic heterocycles. The van der Waals surface area contributed by atoms with Crippen LogP contribution in [0.25, 0.3) is 0 Å². The molecule has 3 unspecified atom stereocenters. The number of aliphatic hydroxyl groups excluding tert-OH is 4. The van der Waals surface area contributed by atoms with Gasteiger partial charge >= 0.3 is 0 Å². The highest BCUT2D eigenvalue weighted by molar-refractivity contribution is 5.53. The van der Waals surface area contributed by atoms with E-state index >= 15 is 0 Å². The monoisotopic (exact) mass is 308 g/mol. The molecule has 1 aromatic rings. The lowest BCUT2D eigenvalue weighted by molar-refractivity contribution is -0.0562. The van der Waals surface area contributed by atoms with Gasteiger partial charge in [-0.1, -0.05) is 12.2 Å². The predicted molar refractivity (Wildman–Crippen MR) is 74.4 cm³/mol. The standard InChI is InChI=1S/C15H16O7/c16-7-4-10(19)12-11(5-7)22-15(14(21)13(12)20)6-1-2-8(17)9(18)3-6/h1-5,8-9,13-21H/t8-,9?,13?,14?,15-/m0/s1. The van der Waals surface area contributed by atoms with Crippen molar-refractivity contribution < 1.29 is 35.4 Å². The number of benzene rings is 1. The third-order valence-electron chi connectivity index (χ3n) is 3.82. The van der Waals surface area contributed by atoms with Gasteiger partial charge in [0.05, 0.1) is 5.56 Å². The summed E-state index contributed by atoms with van der Waals surface area (Å²) < 4.78 is 5.56. The molecule has 118 valence electrons. The van der Waals surface area contributed by atoms with Gasteiger partial charge in [-0.3, -0.25) is 0 Å². The Bertz CT molecular complexity index is 652. The van der Waals surface area contributed by atoms with Crippen molar-refractivity contribution in [2.24, 2.45) is 0 Å². The minimum absolute atomic E-state index is 0.0116. The van der Waals surface area contributed by atoms with Gasteiger partial charge < -0.3 is 35.4 Å². The summed E-state index contributed by atoms with van der Waals surface area (Å²) in [6.45, 7) is 0. The Morgan fingerprint density at radius 1 is 0.955 bits per heavy atom. The summed E-state index contributed by atoms with van der Waals surface area (Å²) in [5.74, 6) is -0.596. The summed E-state index contributed by atoms with van der Waals surface area (Å²) in [5, 5.41) is 58.8. The minimum Gasteiger partial charge on any atom is -0.508 e. The van der Waals surface area contributed by atoms with E-state index in [0.29, 0.717) is 5.57 Å². The summed E-state index contributed by atoms with van der Waals surface area (Å²) in [6, 6.07) is 2.26. The lowest BCUT2D eigenvalue weighted by Gasteiger charge is -2.36. The van der Waals surface area contributed by atoms with Crippen molar-refractivity contribution in [3.05, 3.63) is 41.5 Å². The van der Waals surface area contributed by atoms with Gasteiger partial charge in [0.1, 0.15) is 41.7 Å². The number of phenolic OH excluding ortho intramolecular Hbond substituents is 2. The fourth-order valence-corrected chi connectivity index (χ4v) is 2.67. The van der Waals surface area contributed by atoms with Crippen molar-refractivity contribution in [1.82, 2.24) is 0 Å². The Balaban J connectivity index is 1.99. The molecule has 6 N–H and O–H groups in total. The van der Waals surface area contributed by atoms with Gasteiger partial charge in [0.2, 0.25) is 0 Å². The summed E-state index contributed by atoms with van der Waals surface area (Å²) in [7, 11) is 0. The molecule has 22 heavy (non-hydrogen) atoms. The molecule has 0 saturated carbocycles. The van der Waals surface area contributed by atoms with Gasteiger partial charge in [-0.2, -0.15) is 0 Å². The Morgan fingerprint density at radius 2 is 1.68 bits per heavy atom. The molecule has 5 atom stereocenters. The fourth-order valence-electron chi connectivity index (χ4n) is 2.67. The van der Waals surface area contributed by atoms with Crippen molar-refractivity contribution in [3.8, 4) is 17.2 Å². The highest BCUT2D eigenvalue weighted by Crippen LogP contribution is 2.44. The van der Waals surface area contributed by atoms with Gasteiger partial charge in [-0.15, -0.1) is 0 Å². The summed E-state index contributed by atoms with van der Waals surface area (Å²) in [6.07, 6.45) is -1.87. The maximum Gasteiger partial charge on any atom is 0.152 e. The third-order valence-corrected chi connectivity index (χ3v) is 3.82. The first kappa shape index (κ1) is 14.9. The quantitative estimate of drug-likeness (QED) is 0.411. The van der Waals surface area contributed by atoms with Crippen LogP contribution in [0.1, 0.15) is 11.7 Å².